The topological polar surface area (TPSA) is 283 Å². The maximum absolute atomic E-state index is 14.2. The number of hydrogen-bond acceptors (Lipinski definition) is 20. The maximum atomic E-state index is 14.2. The Morgan fingerprint density at radius 1 is 0.504 bits per heavy atom. The second-order valence-electron chi connectivity index (χ2n) is 28.6. The van der Waals surface area contributed by atoms with Gasteiger partial charge in [0.2, 0.25) is 5.78 Å². The number of aliphatic hydroxyl groups is 2. The minimum atomic E-state index is -3.94. The molecule has 0 heterocycles. The molecular formula is C90H133Br2CuF10I2LiMgNaO20P3SiZn. The molecule has 0 saturated carbocycles. The molecular weight excluding hydrogens is 2310 g/mol. The number of allylic oxidation sites excluding steroid dienone is 1. The molecule has 0 aliphatic carbocycles. The van der Waals surface area contributed by atoms with Gasteiger partial charge in [-0.05, 0) is 200 Å². The second-order valence-corrected chi connectivity index (χ2v) is 42.9. The minimum Gasteiger partial charge on any atom is -1.00 e. The summed E-state index contributed by atoms with van der Waals surface area (Å²) in [6.45, 7) is 37.7. The predicted octanol–water partition coefficient (Wildman–Crippen LogP) is 16.8. The monoisotopic (exact) mass is 2440 g/mol. The van der Waals surface area contributed by atoms with Crippen molar-refractivity contribution in [3.63, 3.8) is 0 Å². The zero-order valence-corrected chi connectivity index (χ0v) is 99.6. The Morgan fingerprint density at radius 2 is 0.789 bits per heavy atom. The van der Waals surface area contributed by atoms with Crippen molar-refractivity contribution in [3.05, 3.63) is 234 Å². The van der Waals surface area contributed by atoms with Gasteiger partial charge < -0.3 is 88.0 Å². The van der Waals surface area contributed by atoms with E-state index in [1.165, 1.54) is 141 Å². The molecule has 0 fully saturated rings. The third-order valence-corrected chi connectivity index (χ3v) is 26.9. The molecule has 2 N–H and O–H groups in total. The molecule has 1 radical (unpaired) electrons. The van der Waals surface area contributed by atoms with Crippen LogP contribution < -0.4 is 70.5 Å². The summed E-state index contributed by atoms with van der Waals surface area (Å²) in [6, 6.07) is 42.1. The van der Waals surface area contributed by atoms with E-state index in [4.69, 9.17) is 0 Å². The van der Waals surface area contributed by atoms with E-state index in [-0.39, 0.29) is 198 Å². The third-order valence-electron chi connectivity index (χ3n) is 17.1. The molecule has 0 amide bonds. The number of alkyl halides is 11. The maximum Gasteiger partial charge on any atom is 2.00 e. The van der Waals surface area contributed by atoms with Gasteiger partial charge in [0, 0.05) is 151 Å². The van der Waals surface area contributed by atoms with Crippen LogP contribution in [0.3, 0.4) is 0 Å². The van der Waals surface area contributed by atoms with E-state index in [1.807, 2.05) is 106 Å². The molecule has 133 heavy (non-hydrogen) atoms. The molecule has 747 valence electrons. The number of ketones is 2. The Kier molecular flexibility index (Phi) is 91.9. The number of unbranched alkanes of at least 4 members (excludes halogenated alkanes) is 1. The fourth-order valence-electron chi connectivity index (χ4n) is 8.97. The van der Waals surface area contributed by atoms with Crippen molar-refractivity contribution in [2.24, 2.45) is 0 Å². The summed E-state index contributed by atoms with van der Waals surface area (Å²) < 4.78 is 211. The van der Waals surface area contributed by atoms with Gasteiger partial charge in [-0.2, -0.15) is 50.3 Å². The van der Waals surface area contributed by atoms with E-state index in [0.29, 0.717) is 22.5 Å². The van der Waals surface area contributed by atoms with E-state index in [9.17, 15) is 96.9 Å². The molecule has 20 nitrogen and oxygen atoms in total. The van der Waals surface area contributed by atoms with Crippen molar-refractivity contribution >= 4 is 145 Å². The van der Waals surface area contributed by atoms with Crippen LogP contribution in [0.4, 0.5) is 43.9 Å². The number of ether oxygens (including phenoxy) is 3. The van der Waals surface area contributed by atoms with Crippen molar-refractivity contribution in [1.82, 2.24) is 0 Å². The molecule has 6 aromatic carbocycles. The Bertz CT molecular complexity index is 4370. The predicted molar refractivity (Wildman–Crippen MR) is 513 cm³/mol. The first-order valence-electron chi connectivity index (χ1n) is 39.3. The van der Waals surface area contributed by atoms with Crippen molar-refractivity contribution in [2.75, 3.05) is 75.3 Å². The molecule has 6 aromatic rings. The summed E-state index contributed by atoms with van der Waals surface area (Å²) in [5.41, 5.74) is 0.561. The number of rotatable bonds is 31. The van der Waals surface area contributed by atoms with Crippen LogP contribution in [-0.4, -0.2) is 152 Å². The van der Waals surface area contributed by atoms with Gasteiger partial charge in [-0.25, -0.2) is 14.4 Å². The Labute approximate surface area is 905 Å². The summed E-state index contributed by atoms with van der Waals surface area (Å²) in [5.74, 6) is -21.9. The van der Waals surface area contributed by atoms with Gasteiger partial charge in [-0.1, -0.05) is 198 Å². The van der Waals surface area contributed by atoms with Gasteiger partial charge in [0.05, 0.1) is 31.0 Å². The Balaban J connectivity index is -0.000000125. The number of esters is 3. The first kappa shape index (κ1) is 157. The fraction of sp³-hybridized carbons (Fsp3) is 0.500. The van der Waals surface area contributed by atoms with E-state index in [2.05, 4.69) is 121 Å². The quantitative estimate of drug-likeness (QED) is 0.00391. The molecule has 6 rings (SSSR count). The Hall–Kier alpha value is -1.58. The van der Waals surface area contributed by atoms with Gasteiger partial charge in [0.1, 0.15) is 6.16 Å². The number of carbonyl (C=O) groups is 5. The standard InChI is InChI=1S/2C14H19F2O4P.C13H16F2O3.C13H16F2O2.C9H11IO.C8H7IO.C6H16Si.C4H5BrF2O2.C4H9.C3H9O3P.CH4.CH3.BrH.Cu.Li.Mg.Na.Zn/c2*1-10(2)11-6-5-7-12(8-11)14(15,16)13(17)9-21(18,19-3)20-4;1-4-18-11(16)13(14,15)10-7-5-6-9(8-10)12(2,3)17;1-4-17-12(16)13(14,15)11-7-5-6-10(8-11)9(2)3;1-9(2,11)7-4-3-5-8(10)6-7;1-6(10)7-3-2-4-8(9)5-7;1-4-7(5-2)6-3;1-2-9-3(8)4(5,6)7;1-3-4-2;1-5-7(3,4)6-2;;;;;;;;/h5-8,10H,9H2,1-4H3;5-10,17H,1-4H3;5-8,17H,4H2,1-3H3;5-9H,4H2,1-3H3;3-6,11H,1-2H3;2-5H,1H3;7H,4-6H2,1-3H3;2H2,1H3;1,3-4H2,2H3;1-3H3;1H4;1H3;1H;;;;;/q;;;;;;;;-1;;;-1;;;+1;+2;+1;/p-2/b;13-9-;;;;;;;;;;;;;;;;. The summed E-state index contributed by atoms with van der Waals surface area (Å²) >= 11 is 6.26. The number of Topliss-reactive ketones (excluding diaryl/α,β-unsaturated/α-hetero) is 2. The summed E-state index contributed by atoms with van der Waals surface area (Å²) in [7, 11) is -3.74. The Morgan fingerprint density at radius 3 is 1.02 bits per heavy atom. The minimum absolute atomic E-state index is 0. The molecule has 0 spiro atoms. The molecule has 0 aliphatic rings. The average molecular weight is 2440 g/mol. The normalized spacial score (nSPS) is 11.2. The van der Waals surface area contributed by atoms with Crippen LogP contribution in [0.15, 0.2) is 157 Å². The average Bonchev–Trinajstić information content (AvgIpc) is 0.803. The number of halogens is 14. The molecule has 0 atom stereocenters. The zero-order valence-electron chi connectivity index (χ0n) is 80.9. The smallest absolute Gasteiger partial charge is 1.00 e. The summed E-state index contributed by atoms with van der Waals surface area (Å²) in [6.07, 6.45) is 1.30. The summed E-state index contributed by atoms with van der Waals surface area (Å²) in [5, 5.41) is 31.1. The third kappa shape index (κ3) is 63.2. The van der Waals surface area contributed by atoms with Gasteiger partial charge in [-0.3, -0.25) is 23.3 Å². The van der Waals surface area contributed by atoms with Gasteiger partial charge in [-0.15, -0.1) is 0 Å². The van der Waals surface area contributed by atoms with Crippen LogP contribution in [0.5, 0.6) is 0 Å². The van der Waals surface area contributed by atoms with Gasteiger partial charge in [0.25, 0.3) is 5.92 Å². The number of carbonyl (C=O) groups excluding carboxylic acids is 5. The van der Waals surface area contributed by atoms with E-state index >= 15 is 0 Å². The van der Waals surface area contributed by atoms with E-state index in [1.54, 1.807) is 39.0 Å². The van der Waals surface area contributed by atoms with Gasteiger partial charge in [0.15, 0.2) is 5.78 Å². The van der Waals surface area contributed by atoms with Crippen LogP contribution in [0.1, 0.15) is 223 Å². The van der Waals surface area contributed by atoms with E-state index in [0.717, 1.165) is 76.9 Å². The molecule has 0 saturated heterocycles. The summed E-state index contributed by atoms with van der Waals surface area (Å²) in [4.78, 5) is 51.5. The van der Waals surface area contributed by atoms with Crippen molar-refractivity contribution in [3.8, 4) is 0 Å². The van der Waals surface area contributed by atoms with Crippen LogP contribution in [-0.2, 0) is 146 Å². The number of benzene rings is 6. The number of hydrogen-bond donors (Lipinski definition) is 2. The van der Waals surface area contributed by atoms with Crippen LogP contribution >= 0.6 is 83.9 Å². The first-order chi connectivity index (χ1) is 57.5. The molecule has 0 unspecified atom stereocenters. The SMILES string of the molecule is C.CC(=O)c1cccc(I)c1.CC(C)(O)c1cccc(I)c1.CCOC(=O)C(F)(F)Br.CCOC(=O)C(F)(F)c1cccc(C(C)(C)O)c1.CCOC(=O)C(F)(F)c1cccc(C(C)C)c1.CC[SiH](CC)CC.COP(=O)(/C=C(\[O-])C(F)(F)c1cccc(C(C)C)c1)OC.COP(=O)(CC(=O)C(F)(F)c1cccc(C(C)C)c1)OC.COP(C)(=O)OC.[Br-].[CH2-]CCC.[CH3-].[Cu].[Li+].[Mg+2].[Na+].[Zn]. The van der Waals surface area contributed by atoms with Crippen molar-refractivity contribution < 1.29 is 240 Å². The fourth-order valence-corrected chi connectivity index (χ4v) is 13.8. The molecule has 0 aromatic heterocycles. The van der Waals surface area contributed by atoms with Gasteiger partial charge >= 0.3 is 135 Å². The second kappa shape index (κ2) is 77.9. The molecule has 0 aliphatic heterocycles. The van der Waals surface area contributed by atoms with E-state index < -0.39 is 115 Å². The molecule has 0 bridgehead atoms. The van der Waals surface area contributed by atoms with Crippen LogP contribution in [0.2, 0.25) is 18.1 Å². The largest absolute Gasteiger partial charge is 2.00 e. The van der Waals surface area contributed by atoms with Crippen LogP contribution in [0, 0.1) is 21.5 Å². The first-order valence-corrected chi connectivity index (χ1v) is 50.0. The molecule has 43 heteroatoms. The van der Waals surface area contributed by atoms with Crippen molar-refractivity contribution in [1.29, 1.82) is 0 Å². The zero-order chi connectivity index (χ0) is 98.1. The van der Waals surface area contributed by atoms with Crippen LogP contribution in [0.25, 0.3) is 0 Å². The van der Waals surface area contributed by atoms with Crippen molar-refractivity contribution in [2.45, 2.75) is 221 Å².